The van der Waals surface area contributed by atoms with E-state index in [9.17, 15) is 0 Å². The average molecular weight is 268 g/mol. The SMILES string of the molecule is CC(=O)O.CC(O)COC(C)CO.CCOCC. The Hall–Kier alpha value is -0.690. The quantitative estimate of drug-likeness (QED) is 0.662. The van der Waals surface area contributed by atoms with E-state index in [2.05, 4.69) is 0 Å². The summed E-state index contributed by atoms with van der Waals surface area (Å²) in [7, 11) is 0. The molecule has 0 fully saturated rings. The lowest BCUT2D eigenvalue weighted by molar-refractivity contribution is -0.134. The van der Waals surface area contributed by atoms with Gasteiger partial charge >= 0.3 is 0 Å². The first-order chi connectivity index (χ1) is 8.31. The van der Waals surface area contributed by atoms with Crippen LogP contribution in [0.15, 0.2) is 0 Å². The van der Waals surface area contributed by atoms with Gasteiger partial charge in [0.1, 0.15) is 0 Å². The van der Waals surface area contributed by atoms with Gasteiger partial charge in [-0.1, -0.05) is 0 Å². The number of hydrogen-bond acceptors (Lipinski definition) is 5. The molecular weight excluding hydrogens is 240 g/mol. The van der Waals surface area contributed by atoms with Crippen LogP contribution in [0.2, 0.25) is 0 Å². The largest absolute Gasteiger partial charge is 0.481 e. The normalized spacial score (nSPS) is 12.4. The number of rotatable bonds is 6. The number of carboxylic acid groups (broad SMARTS) is 1. The Balaban J connectivity index is -0.000000212. The maximum absolute atomic E-state index is 9.00. The van der Waals surface area contributed by atoms with Crippen LogP contribution in [0.3, 0.4) is 0 Å². The minimum atomic E-state index is -0.833. The summed E-state index contributed by atoms with van der Waals surface area (Å²) in [6.07, 6.45) is -0.612. The van der Waals surface area contributed by atoms with Crippen LogP contribution in [0.25, 0.3) is 0 Å². The molecule has 6 heteroatoms. The summed E-state index contributed by atoms with van der Waals surface area (Å²) in [4.78, 5) is 9.00. The van der Waals surface area contributed by atoms with Gasteiger partial charge in [-0.2, -0.15) is 0 Å². The molecule has 0 aliphatic carbocycles. The molecule has 0 spiro atoms. The van der Waals surface area contributed by atoms with Crippen LogP contribution in [0.4, 0.5) is 0 Å². The van der Waals surface area contributed by atoms with Gasteiger partial charge in [-0.05, 0) is 27.7 Å². The third-order valence-electron chi connectivity index (χ3n) is 1.29. The minimum Gasteiger partial charge on any atom is -0.481 e. The highest BCUT2D eigenvalue weighted by atomic mass is 16.5. The van der Waals surface area contributed by atoms with Crippen LogP contribution in [0.5, 0.6) is 0 Å². The maximum atomic E-state index is 9.00. The molecule has 0 aliphatic heterocycles. The highest BCUT2D eigenvalue weighted by molar-refractivity contribution is 5.62. The summed E-state index contributed by atoms with van der Waals surface area (Å²) < 4.78 is 9.79. The maximum Gasteiger partial charge on any atom is 0.300 e. The van der Waals surface area contributed by atoms with Gasteiger partial charge in [0, 0.05) is 20.1 Å². The number of ether oxygens (including phenoxy) is 2. The molecule has 18 heavy (non-hydrogen) atoms. The van der Waals surface area contributed by atoms with E-state index in [1.807, 2.05) is 13.8 Å². The number of carboxylic acids is 1. The van der Waals surface area contributed by atoms with Gasteiger partial charge in [0.2, 0.25) is 0 Å². The number of hydrogen-bond donors (Lipinski definition) is 3. The summed E-state index contributed by atoms with van der Waals surface area (Å²) in [6.45, 7) is 10.4. The highest BCUT2D eigenvalue weighted by Gasteiger charge is 2.00. The lowest BCUT2D eigenvalue weighted by Crippen LogP contribution is -2.19. The Bertz CT molecular complexity index is 155. The van der Waals surface area contributed by atoms with Crippen molar-refractivity contribution < 1.29 is 29.6 Å². The second-order valence-electron chi connectivity index (χ2n) is 3.48. The van der Waals surface area contributed by atoms with Crippen LogP contribution in [0, 0.1) is 0 Å². The molecule has 0 aromatic heterocycles. The number of carbonyl (C=O) groups is 1. The summed E-state index contributed by atoms with van der Waals surface area (Å²) in [5, 5.41) is 24.5. The van der Waals surface area contributed by atoms with Gasteiger partial charge in [-0.25, -0.2) is 0 Å². The van der Waals surface area contributed by atoms with E-state index in [0.717, 1.165) is 20.1 Å². The molecular formula is C12H28O6. The van der Waals surface area contributed by atoms with Crippen molar-refractivity contribution in [3.8, 4) is 0 Å². The van der Waals surface area contributed by atoms with Crippen molar-refractivity contribution in [1.82, 2.24) is 0 Å². The first-order valence-corrected chi connectivity index (χ1v) is 5.99. The minimum absolute atomic E-state index is 0.00667. The molecule has 0 rings (SSSR count). The summed E-state index contributed by atoms with van der Waals surface area (Å²) >= 11 is 0. The van der Waals surface area contributed by atoms with E-state index >= 15 is 0 Å². The molecule has 0 saturated heterocycles. The average Bonchev–Trinajstić information content (AvgIpc) is 2.27. The van der Waals surface area contributed by atoms with E-state index in [0.29, 0.717) is 6.61 Å². The smallest absolute Gasteiger partial charge is 0.300 e. The van der Waals surface area contributed by atoms with Crippen molar-refractivity contribution >= 4 is 5.97 Å². The van der Waals surface area contributed by atoms with Gasteiger partial charge < -0.3 is 24.8 Å². The van der Waals surface area contributed by atoms with Crippen molar-refractivity contribution in [2.24, 2.45) is 0 Å². The zero-order valence-electron chi connectivity index (χ0n) is 12.0. The molecule has 6 nitrogen and oxygen atoms in total. The van der Waals surface area contributed by atoms with E-state index < -0.39 is 12.1 Å². The number of aliphatic carboxylic acids is 1. The Morgan fingerprint density at radius 1 is 1.22 bits per heavy atom. The Kier molecular flexibility index (Phi) is 23.3. The highest BCUT2D eigenvalue weighted by Crippen LogP contribution is 1.90. The van der Waals surface area contributed by atoms with Crippen molar-refractivity contribution in [2.75, 3.05) is 26.4 Å². The number of aliphatic hydroxyl groups is 2. The Morgan fingerprint density at radius 2 is 1.61 bits per heavy atom. The molecule has 0 saturated carbocycles. The van der Waals surface area contributed by atoms with Crippen molar-refractivity contribution in [3.05, 3.63) is 0 Å². The lowest BCUT2D eigenvalue weighted by Gasteiger charge is -2.10. The standard InChI is InChI=1S/C6H14O3.C4H10O.C2H4O2/c1-5(8)4-9-6(2)3-7;1-3-5-4-2;1-2(3)4/h5-8H,3-4H2,1-2H3;3-4H2,1-2H3;1H3,(H,3,4). The van der Waals surface area contributed by atoms with E-state index in [-0.39, 0.29) is 12.7 Å². The number of aliphatic hydroxyl groups excluding tert-OH is 2. The van der Waals surface area contributed by atoms with E-state index in [1.54, 1.807) is 13.8 Å². The molecule has 0 bridgehead atoms. The third kappa shape index (κ3) is 45.4. The van der Waals surface area contributed by atoms with Crippen molar-refractivity contribution in [3.63, 3.8) is 0 Å². The predicted octanol–water partition coefficient (Wildman–Crippen LogP) is 0.898. The van der Waals surface area contributed by atoms with Crippen LogP contribution in [0.1, 0.15) is 34.6 Å². The second kappa shape index (κ2) is 18.7. The molecule has 0 heterocycles. The van der Waals surface area contributed by atoms with Gasteiger partial charge in [-0.3, -0.25) is 4.79 Å². The molecule has 2 atom stereocenters. The van der Waals surface area contributed by atoms with Crippen LogP contribution in [-0.4, -0.2) is 59.9 Å². The molecule has 0 aromatic rings. The topological polar surface area (TPSA) is 96.2 Å². The Morgan fingerprint density at radius 3 is 1.78 bits per heavy atom. The first kappa shape index (κ1) is 22.5. The molecule has 0 aromatic carbocycles. The zero-order valence-corrected chi connectivity index (χ0v) is 12.0. The zero-order chi connectivity index (χ0) is 15.0. The molecule has 0 amide bonds. The predicted molar refractivity (Wildman–Crippen MR) is 69.7 cm³/mol. The van der Waals surface area contributed by atoms with Crippen LogP contribution >= 0.6 is 0 Å². The fourth-order valence-electron chi connectivity index (χ4n) is 0.560. The molecule has 112 valence electrons. The van der Waals surface area contributed by atoms with Gasteiger partial charge in [0.25, 0.3) is 5.97 Å². The third-order valence-corrected chi connectivity index (χ3v) is 1.29. The summed E-state index contributed by atoms with van der Waals surface area (Å²) in [5.74, 6) is -0.833. The molecule has 0 radical (unpaired) electrons. The van der Waals surface area contributed by atoms with Gasteiger partial charge in [-0.15, -0.1) is 0 Å². The van der Waals surface area contributed by atoms with E-state index in [4.69, 9.17) is 29.6 Å². The summed E-state index contributed by atoms with van der Waals surface area (Å²) in [5.41, 5.74) is 0. The lowest BCUT2D eigenvalue weighted by atomic mass is 10.4. The van der Waals surface area contributed by atoms with Gasteiger partial charge in [0.15, 0.2) is 0 Å². The first-order valence-electron chi connectivity index (χ1n) is 5.99. The molecule has 3 N–H and O–H groups in total. The van der Waals surface area contributed by atoms with E-state index in [1.165, 1.54) is 0 Å². The molecule has 2 unspecified atom stereocenters. The fourth-order valence-corrected chi connectivity index (χ4v) is 0.560. The van der Waals surface area contributed by atoms with Gasteiger partial charge in [0.05, 0.1) is 25.4 Å². The summed E-state index contributed by atoms with van der Waals surface area (Å²) in [6, 6.07) is 0. The second-order valence-corrected chi connectivity index (χ2v) is 3.48. The monoisotopic (exact) mass is 268 g/mol. The van der Waals surface area contributed by atoms with Crippen LogP contribution in [-0.2, 0) is 14.3 Å². The Labute approximate surface area is 110 Å². The van der Waals surface area contributed by atoms with Crippen molar-refractivity contribution in [1.29, 1.82) is 0 Å². The molecule has 0 aliphatic rings. The van der Waals surface area contributed by atoms with Crippen molar-refractivity contribution in [2.45, 2.75) is 46.8 Å². The fraction of sp³-hybridized carbons (Fsp3) is 0.917. The van der Waals surface area contributed by atoms with Crippen LogP contribution < -0.4 is 0 Å².